The second-order valence-electron chi connectivity index (χ2n) is 9.90. The Bertz CT molecular complexity index is 1450. The zero-order valence-electron chi connectivity index (χ0n) is 21.4. The minimum Gasteiger partial charge on any atom is -0.493 e. The van der Waals surface area contributed by atoms with Gasteiger partial charge >= 0.3 is 0 Å². The second kappa shape index (κ2) is 10.7. The Balaban J connectivity index is 1.19. The monoisotopic (exact) mass is 529 g/mol. The number of likely N-dealkylation sites (tertiary alicyclic amines) is 1. The van der Waals surface area contributed by atoms with Gasteiger partial charge in [0, 0.05) is 30.6 Å². The van der Waals surface area contributed by atoms with Crippen LogP contribution in [0.2, 0.25) is 0 Å². The van der Waals surface area contributed by atoms with E-state index in [9.17, 15) is 9.18 Å². The first kappa shape index (κ1) is 24.8. The minimum atomic E-state index is -0.352. The van der Waals surface area contributed by atoms with Crippen molar-refractivity contribution in [2.75, 3.05) is 26.5 Å². The standard InChI is InChI=1S/C29H28FN5O4/c1-18(20-3-2-4-21(13-20)28-31-33-34-32-28)29(36)35-12-11-25(19-5-7-23(30)8-6-19)22(15-35)16-37-24-9-10-26-27(14-24)39-17-38-26/h2-10,13-14,18,22,25H,11-12,15-17H2,1H3,(H,31,32,33,34)/t18?,22-,25-/m0/s1. The number of halogens is 1. The van der Waals surface area contributed by atoms with Crippen LogP contribution in [-0.2, 0) is 4.79 Å². The van der Waals surface area contributed by atoms with Crippen molar-refractivity contribution in [3.05, 3.63) is 83.7 Å². The van der Waals surface area contributed by atoms with Crippen LogP contribution < -0.4 is 14.2 Å². The number of aromatic nitrogens is 4. The maximum Gasteiger partial charge on any atom is 0.231 e. The summed E-state index contributed by atoms with van der Waals surface area (Å²) < 4.78 is 30.7. The molecule has 200 valence electrons. The van der Waals surface area contributed by atoms with Crippen molar-refractivity contribution in [1.29, 1.82) is 0 Å². The number of benzene rings is 3. The molecule has 1 N–H and O–H groups in total. The fourth-order valence-corrected chi connectivity index (χ4v) is 5.37. The number of tetrazole rings is 1. The Hall–Kier alpha value is -4.47. The molecule has 0 radical (unpaired) electrons. The number of piperidine rings is 1. The van der Waals surface area contributed by atoms with Gasteiger partial charge in [-0.25, -0.2) is 4.39 Å². The van der Waals surface area contributed by atoms with Crippen LogP contribution >= 0.6 is 0 Å². The topological polar surface area (TPSA) is 102 Å². The van der Waals surface area contributed by atoms with Gasteiger partial charge in [-0.2, -0.15) is 5.21 Å². The fraction of sp³-hybridized carbons (Fsp3) is 0.310. The summed E-state index contributed by atoms with van der Waals surface area (Å²) in [6.07, 6.45) is 0.752. The first-order valence-corrected chi connectivity index (χ1v) is 13.0. The number of carbonyl (C=O) groups excluding carboxylic acids is 1. The average Bonchev–Trinajstić information content (AvgIpc) is 3.68. The van der Waals surface area contributed by atoms with E-state index < -0.39 is 0 Å². The Kier molecular flexibility index (Phi) is 6.83. The number of nitrogens with one attached hydrogen (secondary N) is 1. The van der Waals surface area contributed by atoms with E-state index in [0.29, 0.717) is 42.8 Å². The summed E-state index contributed by atoms with van der Waals surface area (Å²) in [7, 11) is 0. The third-order valence-electron chi connectivity index (χ3n) is 7.51. The zero-order chi connectivity index (χ0) is 26.8. The maximum absolute atomic E-state index is 13.7. The number of hydrogen-bond acceptors (Lipinski definition) is 7. The number of amides is 1. The van der Waals surface area contributed by atoms with E-state index in [-0.39, 0.29) is 36.3 Å². The van der Waals surface area contributed by atoms with Crippen LogP contribution in [0.3, 0.4) is 0 Å². The van der Waals surface area contributed by atoms with Gasteiger partial charge in [-0.3, -0.25) is 4.79 Å². The third-order valence-corrected chi connectivity index (χ3v) is 7.51. The van der Waals surface area contributed by atoms with Gasteiger partial charge in [-0.05, 0) is 65.9 Å². The van der Waals surface area contributed by atoms with Crippen LogP contribution in [0.5, 0.6) is 17.2 Å². The van der Waals surface area contributed by atoms with E-state index in [1.165, 1.54) is 12.1 Å². The highest BCUT2D eigenvalue weighted by molar-refractivity contribution is 5.84. The lowest BCUT2D eigenvalue weighted by Crippen LogP contribution is -2.46. The molecule has 10 heteroatoms. The molecule has 9 nitrogen and oxygen atoms in total. The minimum absolute atomic E-state index is 0.0106. The van der Waals surface area contributed by atoms with Gasteiger partial charge in [0.05, 0.1) is 12.5 Å². The van der Waals surface area contributed by atoms with Crippen LogP contribution in [0.4, 0.5) is 4.39 Å². The molecule has 6 rings (SSSR count). The molecule has 1 amide bonds. The zero-order valence-corrected chi connectivity index (χ0v) is 21.4. The summed E-state index contributed by atoms with van der Waals surface area (Å²) in [5, 5.41) is 14.2. The Labute approximate surface area is 224 Å². The molecule has 0 spiro atoms. The van der Waals surface area contributed by atoms with E-state index >= 15 is 0 Å². The highest BCUT2D eigenvalue weighted by Crippen LogP contribution is 2.38. The number of aromatic amines is 1. The van der Waals surface area contributed by atoms with Crippen molar-refractivity contribution in [2.45, 2.75) is 25.2 Å². The van der Waals surface area contributed by atoms with E-state index in [0.717, 1.165) is 23.1 Å². The molecule has 39 heavy (non-hydrogen) atoms. The highest BCUT2D eigenvalue weighted by Gasteiger charge is 2.35. The number of nitrogens with zero attached hydrogens (tertiary/aromatic N) is 4. The lowest BCUT2D eigenvalue weighted by Gasteiger charge is -2.40. The molecular formula is C29H28FN5O4. The Morgan fingerprint density at radius 3 is 2.79 bits per heavy atom. The van der Waals surface area contributed by atoms with Crippen molar-refractivity contribution in [3.63, 3.8) is 0 Å². The van der Waals surface area contributed by atoms with Crippen LogP contribution in [0.15, 0.2) is 66.7 Å². The smallest absolute Gasteiger partial charge is 0.231 e. The molecule has 1 aromatic heterocycles. The molecule has 3 heterocycles. The maximum atomic E-state index is 13.7. The Morgan fingerprint density at radius 1 is 1.13 bits per heavy atom. The van der Waals surface area contributed by atoms with Gasteiger partial charge in [-0.15, -0.1) is 10.2 Å². The lowest BCUT2D eigenvalue weighted by molar-refractivity contribution is -0.134. The van der Waals surface area contributed by atoms with Gasteiger partial charge in [0.2, 0.25) is 18.5 Å². The third kappa shape index (κ3) is 5.27. The summed E-state index contributed by atoms with van der Waals surface area (Å²) in [5.41, 5.74) is 2.73. The number of H-pyrrole nitrogens is 1. The normalized spacial score (nSPS) is 19.1. The largest absolute Gasteiger partial charge is 0.493 e. The molecule has 1 saturated heterocycles. The molecule has 2 aliphatic rings. The average molecular weight is 530 g/mol. The van der Waals surface area contributed by atoms with Gasteiger partial charge in [0.15, 0.2) is 11.5 Å². The fourth-order valence-electron chi connectivity index (χ4n) is 5.37. The van der Waals surface area contributed by atoms with Crippen LogP contribution in [0.25, 0.3) is 11.4 Å². The quantitative estimate of drug-likeness (QED) is 0.375. The SMILES string of the molecule is CC(C(=O)N1CC[C@@H](c2ccc(F)cc2)[C@H](COc2ccc3c(c2)OCO3)C1)c1cccc(-c2nn[nH]n2)c1. The summed E-state index contributed by atoms with van der Waals surface area (Å²) in [6, 6.07) is 19.8. The molecule has 0 saturated carbocycles. The van der Waals surface area contributed by atoms with Crippen molar-refractivity contribution in [2.24, 2.45) is 5.92 Å². The second-order valence-corrected chi connectivity index (χ2v) is 9.90. The predicted molar refractivity (Wildman–Crippen MR) is 140 cm³/mol. The number of rotatable bonds is 7. The highest BCUT2D eigenvalue weighted by atomic mass is 19.1. The van der Waals surface area contributed by atoms with E-state index in [1.54, 1.807) is 0 Å². The van der Waals surface area contributed by atoms with E-state index in [1.807, 2.05) is 66.4 Å². The molecule has 1 fully saturated rings. The molecule has 3 atom stereocenters. The molecule has 4 aromatic rings. The van der Waals surface area contributed by atoms with Crippen molar-refractivity contribution in [1.82, 2.24) is 25.5 Å². The number of fused-ring (bicyclic) bond motifs is 1. The number of ether oxygens (including phenoxy) is 3. The summed E-state index contributed by atoms with van der Waals surface area (Å²) in [4.78, 5) is 15.6. The molecule has 3 aromatic carbocycles. The Morgan fingerprint density at radius 2 is 1.97 bits per heavy atom. The van der Waals surface area contributed by atoms with Crippen LogP contribution in [0, 0.1) is 11.7 Å². The molecular weight excluding hydrogens is 501 g/mol. The van der Waals surface area contributed by atoms with Crippen molar-refractivity contribution >= 4 is 5.91 Å². The first-order chi connectivity index (χ1) is 19.0. The van der Waals surface area contributed by atoms with Crippen molar-refractivity contribution in [3.8, 4) is 28.6 Å². The predicted octanol–water partition coefficient (Wildman–Crippen LogP) is 4.55. The molecule has 0 aliphatic carbocycles. The molecule has 0 bridgehead atoms. The van der Waals surface area contributed by atoms with Gasteiger partial charge in [0.25, 0.3) is 0 Å². The number of carbonyl (C=O) groups is 1. The van der Waals surface area contributed by atoms with Crippen LogP contribution in [0.1, 0.15) is 36.3 Å². The molecule has 2 aliphatic heterocycles. The van der Waals surface area contributed by atoms with Gasteiger partial charge < -0.3 is 19.1 Å². The van der Waals surface area contributed by atoms with Crippen molar-refractivity contribution < 1.29 is 23.4 Å². The first-order valence-electron chi connectivity index (χ1n) is 13.0. The van der Waals surface area contributed by atoms with Crippen LogP contribution in [-0.4, -0.2) is 57.9 Å². The lowest BCUT2D eigenvalue weighted by atomic mass is 9.80. The summed E-state index contributed by atoms with van der Waals surface area (Å²) >= 11 is 0. The van der Waals surface area contributed by atoms with E-state index in [2.05, 4.69) is 20.6 Å². The van der Waals surface area contributed by atoms with Gasteiger partial charge in [0.1, 0.15) is 11.6 Å². The number of hydrogen-bond donors (Lipinski definition) is 1. The van der Waals surface area contributed by atoms with E-state index in [4.69, 9.17) is 14.2 Å². The molecule has 1 unspecified atom stereocenters. The summed E-state index contributed by atoms with van der Waals surface area (Å²) in [5.74, 6) is 2.07. The summed E-state index contributed by atoms with van der Waals surface area (Å²) in [6.45, 7) is 3.65. The van der Waals surface area contributed by atoms with Gasteiger partial charge in [-0.1, -0.05) is 30.3 Å².